The fourth-order valence-corrected chi connectivity index (χ4v) is 8.39. The highest BCUT2D eigenvalue weighted by molar-refractivity contribution is 6.10. The molecule has 2 fully saturated rings. The maximum absolute atomic E-state index is 14.2. The number of urea groups is 1. The maximum Gasteiger partial charge on any atom is 0.322 e. The number of ether oxygens (including phenoxy) is 2. The van der Waals surface area contributed by atoms with Crippen LogP contribution in [0.5, 0.6) is 5.75 Å². The largest absolute Gasteiger partial charge is 0.497 e. The van der Waals surface area contributed by atoms with Crippen molar-refractivity contribution in [3.8, 4) is 5.75 Å². The van der Waals surface area contributed by atoms with Crippen LogP contribution in [0.4, 0.5) is 10.5 Å². The number of amides is 2. The Hall–Kier alpha value is -3.98. The number of aliphatic hydroxyl groups is 2. The van der Waals surface area contributed by atoms with Gasteiger partial charge in [-0.25, -0.2) is 4.79 Å². The van der Waals surface area contributed by atoms with E-state index in [1.54, 1.807) is 24.1 Å². The Bertz CT molecular complexity index is 1670. The molecule has 0 spiro atoms. The highest BCUT2D eigenvalue weighted by Crippen LogP contribution is 2.59. The molecule has 4 aliphatic rings. The van der Waals surface area contributed by atoms with Gasteiger partial charge in [-0.3, -0.25) is 4.79 Å². The van der Waals surface area contributed by atoms with Gasteiger partial charge >= 0.3 is 6.03 Å². The summed E-state index contributed by atoms with van der Waals surface area (Å²) < 4.78 is 11.3. The van der Waals surface area contributed by atoms with Crippen LogP contribution in [-0.4, -0.2) is 71.5 Å². The predicted molar refractivity (Wildman–Crippen MR) is 196 cm³/mol. The van der Waals surface area contributed by atoms with E-state index in [0.717, 1.165) is 36.8 Å². The van der Waals surface area contributed by atoms with E-state index in [9.17, 15) is 19.8 Å². The molecule has 266 valence electrons. The molecule has 3 N–H and O–H groups in total. The number of ketones is 1. The summed E-state index contributed by atoms with van der Waals surface area (Å²) in [7, 11) is 1.61. The number of fused-ring (bicyclic) bond motifs is 8. The Labute approximate surface area is 296 Å². The second-order valence-corrected chi connectivity index (χ2v) is 14.8. The lowest BCUT2D eigenvalue weighted by atomic mass is 9.64. The second-order valence-electron chi connectivity index (χ2n) is 14.8. The zero-order valence-electron chi connectivity index (χ0n) is 29.7. The summed E-state index contributed by atoms with van der Waals surface area (Å²) in [4.78, 5) is 30.0. The molecule has 2 amide bonds. The van der Waals surface area contributed by atoms with Crippen LogP contribution in [0.2, 0.25) is 0 Å². The molecular formula is C42H52N2O6. The van der Waals surface area contributed by atoms with Crippen molar-refractivity contribution in [2.24, 2.45) is 5.41 Å². The molecule has 5 atom stereocenters. The Kier molecular flexibility index (Phi) is 11.1. The van der Waals surface area contributed by atoms with Crippen molar-refractivity contribution >= 4 is 17.5 Å². The van der Waals surface area contributed by atoms with Crippen LogP contribution in [0.1, 0.15) is 98.2 Å². The lowest BCUT2D eigenvalue weighted by Gasteiger charge is -2.46. The highest BCUT2D eigenvalue weighted by atomic mass is 16.5. The molecule has 0 radical (unpaired) electrons. The number of aliphatic hydroxyl groups excluding tert-OH is 1. The van der Waals surface area contributed by atoms with Crippen LogP contribution in [0.15, 0.2) is 84.4 Å². The summed E-state index contributed by atoms with van der Waals surface area (Å²) in [6.45, 7) is 5.44. The van der Waals surface area contributed by atoms with E-state index in [1.807, 2.05) is 54.6 Å². The quantitative estimate of drug-likeness (QED) is 0.166. The summed E-state index contributed by atoms with van der Waals surface area (Å²) in [5, 5.41) is 26.9. The van der Waals surface area contributed by atoms with Crippen LogP contribution < -0.4 is 10.1 Å². The number of benzene rings is 3. The monoisotopic (exact) mass is 680 g/mol. The smallest absolute Gasteiger partial charge is 0.322 e. The average Bonchev–Trinajstić information content (AvgIpc) is 3.72. The standard InChI is InChI=1S/C42H52N2O6/c1-29-9-7-22-41(2)38(36-20-14-30(25-33(45)17-13-29)26-37(36)39(46)31-10-5-4-6-11-31)21-23-42(41,48)28-44(27-35-12-8-24-50-35)40(47)43-32-15-18-34(49-3)19-16-32/h4-6,9-11,14-16,18-20,26,33,35,38,45,48H,7-8,12-13,17,21-25,27-28H2,1-3H3,(H,43,47). The summed E-state index contributed by atoms with van der Waals surface area (Å²) in [5.41, 5.74) is 3.02. The normalized spacial score (nSPS) is 26.8. The van der Waals surface area contributed by atoms with Crippen molar-refractivity contribution in [3.05, 3.63) is 107 Å². The van der Waals surface area contributed by atoms with Crippen LogP contribution in [0.3, 0.4) is 0 Å². The number of allylic oxidation sites excluding steroid dienone is 2. The first-order chi connectivity index (χ1) is 24.1. The molecule has 0 aromatic heterocycles. The first-order valence-corrected chi connectivity index (χ1v) is 18.2. The Balaban J connectivity index is 1.38. The van der Waals surface area contributed by atoms with Crippen molar-refractivity contribution in [1.29, 1.82) is 0 Å². The zero-order valence-corrected chi connectivity index (χ0v) is 29.7. The van der Waals surface area contributed by atoms with Crippen molar-refractivity contribution in [2.75, 3.05) is 32.1 Å². The lowest BCUT2D eigenvalue weighted by Crippen LogP contribution is -2.55. The van der Waals surface area contributed by atoms with Gasteiger partial charge in [-0.05, 0) is 112 Å². The number of methoxy groups -OCH3 is 1. The second kappa shape index (κ2) is 15.5. The maximum atomic E-state index is 14.2. The van der Waals surface area contributed by atoms with E-state index >= 15 is 0 Å². The Morgan fingerprint density at radius 1 is 1.02 bits per heavy atom. The molecule has 8 heteroatoms. The predicted octanol–water partition coefficient (Wildman–Crippen LogP) is 7.68. The molecule has 3 aliphatic carbocycles. The van der Waals surface area contributed by atoms with Gasteiger partial charge in [-0.2, -0.15) is 0 Å². The third-order valence-corrected chi connectivity index (χ3v) is 11.5. The third-order valence-electron chi connectivity index (χ3n) is 11.5. The minimum atomic E-state index is -1.24. The number of nitrogens with zero attached hydrogens (tertiary/aromatic N) is 1. The van der Waals surface area contributed by atoms with E-state index in [2.05, 4.69) is 31.3 Å². The molecule has 8 nitrogen and oxygen atoms in total. The van der Waals surface area contributed by atoms with Crippen LogP contribution in [0.25, 0.3) is 0 Å². The summed E-state index contributed by atoms with van der Waals surface area (Å²) in [6, 6.07) is 22.3. The van der Waals surface area contributed by atoms with Gasteiger partial charge < -0.3 is 29.9 Å². The number of hydrogen-bond donors (Lipinski definition) is 3. The van der Waals surface area contributed by atoms with Gasteiger partial charge in [-0.15, -0.1) is 0 Å². The van der Waals surface area contributed by atoms with Crippen molar-refractivity contribution in [3.63, 3.8) is 0 Å². The number of carbonyl (C=O) groups is 2. The number of carbonyl (C=O) groups excluding carboxylic acids is 2. The first-order valence-electron chi connectivity index (χ1n) is 18.2. The number of rotatable bonds is 8. The number of hydrogen-bond acceptors (Lipinski definition) is 6. The van der Waals surface area contributed by atoms with Gasteiger partial charge in [0.05, 0.1) is 31.5 Å². The van der Waals surface area contributed by atoms with Crippen molar-refractivity contribution in [2.45, 2.75) is 95.4 Å². The zero-order chi connectivity index (χ0) is 35.3. The molecule has 1 aliphatic heterocycles. The molecule has 5 unspecified atom stereocenters. The van der Waals surface area contributed by atoms with E-state index in [4.69, 9.17) is 9.47 Å². The Morgan fingerprint density at radius 3 is 2.52 bits per heavy atom. The van der Waals surface area contributed by atoms with Gasteiger partial charge in [0.2, 0.25) is 0 Å². The van der Waals surface area contributed by atoms with E-state index < -0.39 is 17.1 Å². The molecule has 3 aromatic rings. The number of anilines is 1. The van der Waals surface area contributed by atoms with Gasteiger partial charge in [-0.1, -0.05) is 61.0 Å². The SMILES string of the molecule is COc1ccc(NC(=O)N(CC2CCCO2)CC2(O)CCC3c4ccc(cc4C(=O)c4ccccc4)CC(O)CCC(C)=CCCC32C)cc1. The minimum Gasteiger partial charge on any atom is -0.497 e. The van der Waals surface area contributed by atoms with Crippen LogP contribution >= 0.6 is 0 Å². The molecule has 7 rings (SSSR count). The number of nitrogens with one attached hydrogen (secondary N) is 1. The van der Waals surface area contributed by atoms with Gasteiger partial charge in [0.1, 0.15) is 5.75 Å². The molecule has 50 heavy (non-hydrogen) atoms. The Morgan fingerprint density at radius 2 is 1.80 bits per heavy atom. The molecule has 1 saturated carbocycles. The van der Waals surface area contributed by atoms with Gasteiger partial charge in [0, 0.05) is 35.4 Å². The fraction of sp³-hybridized carbons (Fsp3) is 0.476. The first kappa shape index (κ1) is 35.8. The summed E-state index contributed by atoms with van der Waals surface area (Å²) in [5.74, 6) is 0.502. The van der Waals surface area contributed by atoms with E-state index in [0.29, 0.717) is 67.8 Å². The summed E-state index contributed by atoms with van der Waals surface area (Å²) in [6.07, 6.45) is 7.87. The van der Waals surface area contributed by atoms with Gasteiger partial charge in [0.25, 0.3) is 0 Å². The minimum absolute atomic E-state index is 0.0588. The average molecular weight is 681 g/mol. The lowest BCUT2D eigenvalue weighted by molar-refractivity contribution is -0.0799. The molecule has 1 heterocycles. The van der Waals surface area contributed by atoms with E-state index in [-0.39, 0.29) is 30.4 Å². The molecule has 2 bridgehead atoms. The van der Waals surface area contributed by atoms with Gasteiger partial charge in [0.15, 0.2) is 5.78 Å². The van der Waals surface area contributed by atoms with Crippen LogP contribution in [0, 0.1) is 5.41 Å². The topological polar surface area (TPSA) is 108 Å². The van der Waals surface area contributed by atoms with Crippen molar-refractivity contribution < 1.29 is 29.3 Å². The highest BCUT2D eigenvalue weighted by Gasteiger charge is 2.57. The molecule has 3 aromatic carbocycles. The summed E-state index contributed by atoms with van der Waals surface area (Å²) >= 11 is 0. The third kappa shape index (κ3) is 7.83. The fourth-order valence-electron chi connectivity index (χ4n) is 8.39. The van der Waals surface area contributed by atoms with Crippen molar-refractivity contribution in [1.82, 2.24) is 4.90 Å². The molecule has 1 saturated heterocycles. The molecular weight excluding hydrogens is 628 g/mol. The van der Waals surface area contributed by atoms with E-state index in [1.165, 1.54) is 5.57 Å². The van der Waals surface area contributed by atoms with Crippen LogP contribution in [-0.2, 0) is 11.2 Å².